The maximum Gasteiger partial charge on any atom is 0.196 e. The van der Waals surface area contributed by atoms with Crippen molar-refractivity contribution in [2.45, 2.75) is 6.92 Å². The molecule has 0 aromatic heterocycles. The average Bonchev–Trinajstić information content (AvgIpc) is 2.34. The summed E-state index contributed by atoms with van der Waals surface area (Å²) in [6.45, 7) is 1.90. The van der Waals surface area contributed by atoms with Gasteiger partial charge >= 0.3 is 0 Å². The van der Waals surface area contributed by atoms with Crippen LogP contribution in [0.5, 0.6) is 0 Å². The predicted octanol–water partition coefficient (Wildman–Crippen LogP) is 4.12. The number of rotatable bonds is 2. The van der Waals surface area contributed by atoms with E-state index in [1.165, 1.54) is 0 Å². The second kappa shape index (κ2) is 5.01. The zero-order valence-corrected chi connectivity index (χ0v) is 11.2. The number of nitrogens with two attached hydrogens (primary N) is 1. The highest BCUT2D eigenvalue weighted by atomic mass is 35.5. The Morgan fingerprint density at radius 2 is 1.78 bits per heavy atom. The molecule has 0 amide bonds. The molecule has 0 fully saturated rings. The first-order chi connectivity index (χ1) is 8.49. The lowest BCUT2D eigenvalue weighted by Gasteiger charge is -2.08. The molecule has 0 bridgehead atoms. The quantitative estimate of drug-likeness (QED) is 0.664. The Hall–Kier alpha value is -1.51. The molecule has 0 radical (unpaired) electrons. The number of benzene rings is 2. The molecule has 0 unspecified atom stereocenters. The summed E-state index contributed by atoms with van der Waals surface area (Å²) in [5, 5.41) is 0.833. The van der Waals surface area contributed by atoms with Crippen molar-refractivity contribution in [1.82, 2.24) is 0 Å². The van der Waals surface area contributed by atoms with Gasteiger partial charge < -0.3 is 5.73 Å². The van der Waals surface area contributed by atoms with Crippen LogP contribution in [0.25, 0.3) is 0 Å². The highest BCUT2D eigenvalue weighted by Crippen LogP contribution is 2.25. The Balaban J connectivity index is 2.54. The molecule has 2 aromatic carbocycles. The second-order valence-electron chi connectivity index (χ2n) is 4.04. The monoisotopic (exact) mass is 279 g/mol. The van der Waals surface area contributed by atoms with E-state index in [9.17, 15) is 4.79 Å². The molecule has 2 rings (SSSR count). The zero-order valence-electron chi connectivity index (χ0n) is 9.71. The molecule has 0 saturated heterocycles. The van der Waals surface area contributed by atoms with Gasteiger partial charge in [0.1, 0.15) is 0 Å². The van der Waals surface area contributed by atoms with Crippen LogP contribution < -0.4 is 5.73 Å². The number of aryl methyl sites for hydroxylation is 1. The maximum absolute atomic E-state index is 12.4. The van der Waals surface area contributed by atoms with Crippen molar-refractivity contribution in [3.05, 3.63) is 63.1 Å². The van der Waals surface area contributed by atoms with Crippen molar-refractivity contribution in [3.63, 3.8) is 0 Å². The largest absolute Gasteiger partial charge is 0.398 e. The summed E-state index contributed by atoms with van der Waals surface area (Å²) in [6.07, 6.45) is 0. The van der Waals surface area contributed by atoms with Crippen LogP contribution in [-0.4, -0.2) is 5.78 Å². The van der Waals surface area contributed by atoms with E-state index < -0.39 is 0 Å². The molecule has 0 aliphatic carbocycles. The normalized spacial score (nSPS) is 10.4. The number of ketones is 1. The van der Waals surface area contributed by atoms with Crippen LogP contribution in [-0.2, 0) is 0 Å². The second-order valence-corrected chi connectivity index (χ2v) is 4.89. The first kappa shape index (κ1) is 12.9. The number of hydrogen-bond donors (Lipinski definition) is 1. The number of hydrogen-bond acceptors (Lipinski definition) is 2. The van der Waals surface area contributed by atoms with Crippen molar-refractivity contribution < 1.29 is 4.79 Å². The van der Waals surface area contributed by atoms with Gasteiger partial charge in [0.05, 0.1) is 5.02 Å². The SMILES string of the molecule is Cc1ccc(N)c(C(=O)c2cc(Cl)ccc2Cl)c1. The van der Waals surface area contributed by atoms with Crippen molar-refractivity contribution in [3.8, 4) is 0 Å². The topological polar surface area (TPSA) is 43.1 Å². The third-order valence-corrected chi connectivity index (χ3v) is 3.19. The van der Waals surface area contributed by atoms with E-state index in [1.54, 1.807) is 30.3 Å². The van der Waals surface area contributed by atoms with Crippen molar-refractivity contribution in [2.24, 2.45) is 0 Å². The summed E-state index contributed by atoms with van der Waals surface area (Å²) >= 11 is 11.9. The van der Waals surface area contributed by atoms with Crippen molar-refractivity contribution in [2.75, 3.05) is 5.73 Å². The Bertz CT molecular complexity index is 570. The standard InChI is InChI=1S/C14H11Cl2NO/c1-8-2-5-13(17)11(6-8)14(18)10-7-9(15)3-4-12(10)16/h2-7H,17H2,1H3. The van der Waals surface area contributed by atoms with E-state index in [0.717, 1.165) is 5.56 Å². The van der Waals surface area contributed by atoms with Crippen LogP contribution in [0.4, 0.5) is 5.69 Å². The average molecular weight is 280 g/mol. The third-order valence-electron chi connectivity index (χ3n) is 2.63. The summed E-state index contributed by atoms with van der Waals surface area (Å²) in [4.78, 5) is 12.4. The van der Waals surface area contributed by atoms with Crippen molar-refractivity contribution in [1.29, 1.82) is 0 Å². The zero-order chi connectivity index (χ0) is 13.3. The van der Waals surface area contributed by atoms with Gasteiger partial charge in [0, 0.05) is 21.8 Å². The Kier molecular flexibility index (Phi) is 3.60. The number of anilines is 1. The van der Waals surface area contributed by atoms with Crippen LogP contribution >= 0.6 is 23.2 Å². The Morgan fingerprint density at radius 1 is 1.06 bits per heavy atom. The first-order valence-electron chi connectivity index (χ1n) is 5.35. The molecule has 2 N–H and O–H groups in total. The number of halogens is 2. The fraction of sp³-hybridized carbons (Fsp3) is 0.0714. The number of carbonyl (C=O) groups is 1. The first-order valence-corrected chi connectivity index (χ1v) is 6.10. The molecule has 2 nitrogen and oxygen atoms in total. The summed E-state index contributed by atoms with van der Waals surface area (Å²) in [5.74, 6) is -0.219. The van der Waals surface area contributed by atoms with E-state index in [-0.39, 0.29) is 5.78 Å². The fourth-order valence-electron chi connectivity index (χ4n) is 1.68. The number of nitrogen functional groups attached to an aromatic ring is 1. The molecular formula is C14H11Cl2NO. The molecule has 4 heteroatoms. The van der Waals surface area contributed by atoms with Crippen LogP contribution in [0, 0.1) is 6.92 Å². The highest BCUT2D eigenvalue weighted by molar-refractivity contribution is 6.37. The lowest BCUT2D eigenvalue weighted by molar-refractivity contribution is 0.103. The highest BCUT2D eigenvalue weighted by Gasteiger charge is 2.16. The van der Waals surface area contributed by atoms with E-state index in [1.807, 2.05) is 13.0 Å². The van der Waals surface area contributed by atoms with E-state index in [2.05, 4.69) is 0 Å². The maximum atomic E-state index is 12.4. The van der Waals surface area contributed by atoms with Gasteiger partial charge in [0.25, 0.3) is 0 Å². The van der Waals surface area contributed by atoms with Crippen LogP contribution in [0.2, 0.25) is 10.0 Å². The summed E-state index contributed by atoms with van der Waals surface area (Å²) in [7, 11) is 0. The molecule has 0 aliphatic rings. The van der Waals surface area contributed by atoms with Gasteiger partial charge in [0.2, 0.25) is 0 Å². The molecule has 0 heterocycles. The molecular weight excluding hydrogens is 269 g/mol. The van der Waals surface area contributed by atoms with Gasteiger partial charge in [0.15, 0.2) is 5.78 Å². The van der Waals surface area contributed by atoms with Crippen LogP contribution in [0.1, 0.15) is 21.5 Å². The minimum atomic E-state index is -0.219. The van der Waals surface area contributed by atoms with E-state index in [0.29, 0.717) is 26.9 Å². The fourth-order valence-corrected chi connectivity index (χ4v) is 2.06. The Morgan fingerprint density at radius 3 is 2.50 bits per heavy atom. The smallest absolute Gasteiger partial charge is 0.196 e. The molecule has 0 spiro atoms. The van der Waals surface area contributed by atoms with Gasteiger partial charge in [-0.1, -0.05) is 34.8 Å². The summed E-state index contributed by atoms with van der Waals surface area (Å²) in [6, 6.07) is 10.1. The lowest BCUT2D eigenvalue weighted by atomic mass is 10.00. The minimum absolute atomic E-state index is 0.219. The minimum Gasteiger partial charge on any atom is -0.398 e. The molecule has 0 saturated carbocycles. The lowest BCUT2D eigenvalue weighted by Crippen LogP contribution is -2.06. The molecule has 18 heavy (non-hydrogen) atoms. The van der Waals surface area contributed by atoms with Gasteiger partial charge in [-0.15, -0.1) is 0 Å². The number of carbonyl (C=O) groups excluding carboxylic acids is 1. The van der Waals surface area contributed by atoms with Crippen LogP contribution in [0.3, 0.4) is 0 Å². The molecule has 92 valence electrons. The van der Waals surface area contributed by atoms with Gasteiger partial charge in [-0.25, -0.2) is 0 Å². The Labute approximate surface area is 115 Å². The van der Waals surface area contributed by atoms with Gasteiger partial charge in [-0.05, 0) is 37.3 Å². The molecule has 0 atom stereocenters. The molecule has 2 aromatic rings. The summed E-state index contributed by atoms with van der Waals surface area (Å²) < 4.78 is 0. The molecule has 0 aliphatic heterocycles. The van der Waals surface area contributed by atoms with Crippen molar-refractivity contribution >= 4 is 34.7 Å². The van der Waals surface area contributed by atoms with Crippen LogP contribution in [0.15, 0.2) is 36.4 Å². The van der Waals surface area contributed by atoms with E-state index >= 15 is 0 Å². The third kappa shape index (κ3) is 2.50. The predicted molar refractivity (Wildman–Crippen MR) is 75.5 cm³/mol. The van der Waals surface area contributed by atoms with Gasteiger partial charge in [-0.3, -0.25) is 4.79 Å². The summed E-state index contributed by atoms with van der Waals surface area (Å²) in [5.41, 5.74) is 8.02. The van der Waals surface area contributed by atoms with Gasteiger partial charge in [-0.2, -0.15) is 0 Å². The van der Waals surface area contributed by atoms with E-state index in [4.69, 9.17) is 28.9 Å².